The fourth-order valence-electron chi connectivity index (χ4n) is 6.00. The fourth-order valence-corrected chi connectivity index (χ4v) is 7.03. The van der Waals surface area contributed by atoms with Gasteiger partial charge in [-0.3, -0.25) is 4.79 Å². The maximum absolute atomic E-state index is 15.3. The van der Waals surface area contributed by atoms with Crippen LogP contribution in [0.25, 0.3) is 0 Å². The summed E-state index contributed by atoms with van der Waals surface area (Å²) in [4.78, 5) is 16.6. The first kappa shape index (κ1) is 28.7. The molecule has 1 spiro atoms. The average Bonchev–Trinajstić information content (AvgIpc) is 3.36. The van der Waals surface area contributed by atoms with Crippen molar-refractivity contribution in [2.45, 2.75) is 42.9 Å². The number of amides is 1. The zero-order valence-electron chi connectivity index (χ0n) is 22.7. The summed E-state index contributed by atoms with van der Waals surface area (Å²) in [7, 11) is 7.38. The average molecular weight is 619 g/mol. The van der Waals surface area contributed by atoms with Gasteiger partial charge in [0, 0.05) is 31.3 Å². The number of hydrogen-bond donors (Lipinski definition) is 1. The van der Waals surface area contributed by atoms with Crippen molar-refractivity contribution >= 4 is 58.0 Å². The molecule has 216 valence electrons. The normalized spacial score (nSPS) is 25.4. The summed E-state index contributed by atoms with van der Waals surface area (Å²) < 4.78 is 41.4. The Labute approximate surface area is 247 Å². The molecular formula is C29H31ClF2N4O3P2. The molecule has 1 N–H and O–H groups in total. The maximum atomic E-state index is 15.3. The SMILES string of the molecule is CN1CC(CNC(=O)C2(C)C(c3ccc(Cl)o3)C(c3ccc(F)cc3F)=NN2c2ccc(P)cc2P)OC2(CC2)C1. The number of ether oxygens (including phenoxy) is 1. The highest BCUT2D eigenvalue weighted by Crippen LogP contribution is 2.46. The number of nitrogens with one attached hydrogen (secondary N) is 1. The van der Waals surface area contributed by atoms with E-state index in [4.69, 9.17) is 25.9 Å². The molecule has 1 saturated heterocycles. The molecule has 7 nitrogen and oxygen atoms in total. The van der Waals surface area contributed by atoms with Crippen molar-refractivity contribution in [1.82, 2.24) is 10.2 Å². The summed E-state index contributed by atoms with van der Waals surface area (Å²) in [6.45, 7) is 3.61. The lowest BCUT2D eigenvalue weighted by Gasteiger charge is -2.39. The van der Waals surface area contributed by atoms with Crippen molar-refractivity contribution in [3.05, 3.63) is 76.7 Å². The molecule has 0 radical (unpaired) electrons. The van der Waals surface area contributed by atoms with Gasteiger partial charge in [0.15, 0.2) is 10.8 Å². The van der Waals surface area contributed by atoms with E-state index in [-0.39, 0.29) is 34.1 Å². The van der Waals surface area contributed by atoms with Crippen LogP contribution in [0.3, 0.4) is 0 Å². The number of halogens is 3. The zero-order chi connectivity index (χ0) is 29.1. The molecule has 41 heavy (non-hydrogen) atoms. The van der Waals surface area contributed by atoms with E-state index in [2.05, 4.69) is 35.7 Å². The van der Waals surface area contributed by atoms with Crippen molar-refractivity contribution in [3.8, 4) is 0 Å². The summed E-state index contributed by atoms with van der Waals surface area (Å²) in [5.41, 5.74) is -0.640. The predicted octanol–water partition coefficient (Wildman–Crippen LogP) is 3.96. The Morgan fingerprint density at radius 2 is 1.95 bits per heavy atom. The number of benzene rings is 2. The molecule has 2 aromatic carbocycles. The molecule has 0 bridgehead atoms. The van der Waals surface area contributed by atoms with Gasteiger partial charge in [0.25, 0.3) is 0 Å². The third-order valence-corrected chi connectivity index (χ3v) is 9.12. The molecule has 3 aromatic rings. The first-order valence-electron chi connectivity index (χ1n) is 13.4. The van der Waals surface area contributed by atoms with Gasteiger partial charge in [0.05, 0.1) is 29.0 Å². The summed E-state index contributed by atoms with van der Waals surface area (Å²) >= 11 is 6.19. The molecule has 2 aliphatic heterocycles. The molecule has 1 saturated carbocycles. The van der Waals surface area contributed by atoms with E-state index in [1.54, 1.807) is 24.1 Å². The number of likely N-dealkylation sites (N-methyl/N-ethyl adjacent to an activating group) is 1. The largest absolute Gasteiger partial charge is 0.449 e. The molecule has 5 atom stereocenters. The van der Waals surface area contributed by atoms with E-state index >= 15 is 4.39 Å². The molecule has 1 amide bonds. The Balaban J connectivity index is 1.43. The first-order valence-corrected chi connectivity index (χ1v) is 14.9. The second-order valence-corrected chi connectivity index (χ2v) is 13.0. The van der Waals surface area contributed by atoms with Crippen molar-refractivity contribution in [3.63, 3.8) is 0 Å². The summed E-state index contributed by atoms with van der Waals surface area (Å²) in [6.07, 6.45) is 1.84. The second kappa shape index (κ2) is 10.7. The van der Waals surface area contributed by atoms with Crippen LogP contribution < -0.4 is 20.9 Å². The molecule has 6 rings (SSSR count). The lowest BCUT2D eigenvalue weighted by molar-refractivity contribution is -0.129. The summed E-state index contributed by atoms with van der Waals surface area (Å²) in [5, 5.41) is 11.4. The number of hydrogen-bond acceptors (Lipinski definition) is 6. The topological polar surface area (TPSA) is 70.3 Å². The van der Waals surface area contributed by atoms with Crippen LogP contribution in [0.4, 0.5) is 14.5 Å². The zero-order valence-corrected chi connectivity index (χ0v) is 25.7. The third-order valence-electron chi connectivity index (χ3n) is 8.10. The van der Waals surface area contributed by atoms with E-state index in [9.17, 15) is 9.18 Å². The molecule has 12 heteroatoms. The highest BCUT2D eigenvalue weighted by molar-refractivity contribution is 7.29. The van der Waals surface area contributed by atoms with Crippen LogP contribution >= 0.6 is 30.1 Å². The van der Waals surface area contributed by atoms with Crippen LogP contribution in [0.2, 0.25) is 5.22 Å². The minimum Gasteiger partial charge on any atom is -0.449 e. The third kappa shape index (κ3) is 5.32. The Hall–Kier alpha value is -2.41. The predicted molar refractivity (Wildman–Crippen MR) is 163 cm³/mol. The van der Waals surface area contributed by atoms with E-state index in [0.717, 1.165) is 36.1 Å². The number of rotatable bonds is 6. The Morgan fingerprint density at radius 3 is 2.61 bits per heavy atom. The van der Waals surface area contributed by atoms with Gasteiger partial charge >= 0.3 is 0 Å². The lowest BCUT2D eigenvalue weighted by Crippen LogP contribution is -2.59. The van der Waals surface area contributed by atoms with Crippen LogP contribution in [-0.2, 0) is 9.53 Å². The number of nitrogens with zero attached hydrogens (tertiary/aromatic N) is 3. The van der Waals surface area contributed by atoms with Crippen LogP contribution in [0.5, 0.6) is 0 Å². The molecule has 1 aliphatic carbocycles. The van der Waals surface area contributed by atoms with Crippen molar-refractivity contribution in [2.75, 3.05) is 31.7 Å². The quantitative estimate of drug-likeness (QED) is 0.424. The van der Waals surface area contributed by atoms with Crippen molar-refractivity contribution in [1.29, 1.82) is 0 Å². The Bertz CT molecular complexity index is 1550. The molecule has 3 aliphatic rings. The van der Waals surface area contributed by atoms with Crippen LogP contribution in [0.1, 0.15) is 37.0 Å². The minimum atomic E-state index is -1.43. The second-order valence-electron chi connectivity index (χ2n) is 11.3. The molecular weight excluding hydrogens is 588 g/mol. The maximum Gasteiger partial charge on any atom is 0.249 e. The van der Waals surface area contributed by atoms with Gasteiger partial charge < -0.3 is 19.4 Å². The first-order chi connectivity index (χ1) is 19.5. The number of hydrazone groups is 1. The Morgan fingerprint density at radius 1 is 1.17 bits per heavy atom. The minimum absolute atomic E-state index is 0.0614. The molecule has 5 unspecified atom stereocenters. The van der Waals surface area contributed by atoms with Crippen molar-refractivity contribution < 1.29 is 22.7 Å². The number of anilines is 1. The number of carbonyl (C=O) groups excluding carboxylic acids is 1. The van der Waals surface area contributed by atoms with Crippen LogP contribution in [0.15, 0.2) is 58.0 Å². The van der Waals surface area contributed by atoms with Gasteiger partial charge in [-0.1, -0.05) is 6.07 Å². The van der Waals surface area contributed by atoms with E-state index in [1.165, 1.54) is 12.1 Å². The van der Waals surface area contributed by atoms with Crippen LogP contribution in [0, 0.1) is 11.6 Å². The Kier molecular flexibility index (Phi) is 7.49. The molecule has 1 aromatic heterocycles. The van der Waals surface area contributed by atoms with Gasteiger partial charge in [-0.25, -0.2) is 13.8 Å². The summed E-state index contributed by atoms with van der Waals surface area (Å²) in [5.74, 6) is -2.42. The van der Waals surface area contributed by atoms with Crippen molar-refractivity contribution in [2.24, 2.45) is 5.10 Å². The van der Waals surface area contributed by atoms with Gasteiger partial charge in [-0.2, -0.15) is 5.10 Å². The monoisotopic (exact) mass is 618 g/mol. The highest BCUT2D eigenvalue weighted by atomic mass is 35.5. The number of morpholine rings is 1. The van der Waals surface area contributed by atoms with Gasteiger partial charge in [0.1, 0.15) is 17.4 Å². The number of furan rings is 1. The van der Waals surface area contributed by atoms with Gasteiger partial charge in [0.2, 0.25) is 5.91 Å². The molecule has 3 heterocycles. The highest BCUT2D eigenvalue weighted by Gasteiger charge is 2.57. The summed E-state index contributed by atoms with van der Waals surface area (Å²) in [6, 6.07) is 12.2. The standard InChI is InChI=1S/C29H31ClF2N4O3P2/c1-28(27(37)33-13-17-14-35(2)15-29(39-17)9-10-29)25(22-7-8-24(30)38-22)26(19-5-3-16(31)11-20(19)32)34-36(28)21-6-4-18(40)12-23(21)41/h3-8,11-12,17,25H,9-10,13-15,40-41H2,1-2H3,(H,33,37). The molecule has 2 fully saturated rings. The number of carbonyl (C=O) groups is 1. The fraction of sp³-hybridized carbons (Fsp3) is 0.379. The smallest absolute Gasteiger partial charge is 0.249 e. The van der Waals surface area contributed by atoms with Crippen LogP contribution in [-0.4, -0.2) is 60.4 Å². The van der Waals surface area contributed by atoms with E-state index in [0.29, 0.717) is 24.5 Å². The lowest BCUT2D eigenvalue weighted by atomic mass is 9.78. The van der Waals surface area contributed by atoms with Gasteiger partial charge in [-0.05, 0) is 85.4 Å². The van der Waals surface area contributed by atoms with E-state index < -0.39 is 23.1 Å². The van der Waals surface area contributed by atoms with Gasteiger partial charge in [-0.15, -0.1) is 18.5 Å². The van der Waals surface area contributed by atoms with E-state index in [1.807, 2.05) is 18.2 Å².